The monoisotopic (exact) mass is 522 g/mol. The van der Waals surface area contributed by atoms with Gasteiger partial charge in [-0.05, 0) is 25.1 Å². The quantitative estimate of drug-likeness (QED) is 0.308. The number of hydrogen-bond acceptors (Lipinski definition) is 7. The molecule has 7 nitrogen and oxygen atoms in total. The molecule has 0 spiro atoms. The number of anilines is 2. The van der Waals surface area contributed by atoms with Gasteiger partial charge >= 0.3 is 12.4 Å². The highest BCUT2D eigenvalue weighted by atomic mass is 19.4. The molecule has 3 N–H and O–H groups in total. The van der Waals surface area contributed by atoms with Crippen molar-refractivity contribution in [1.82, 2.24) is 9.97 Å². The van der Waals surface area contributed by atoms with Crippen molar-refractivity contribution in [2.75, 3.05) is 31.9 Å². The van der Waals surface area contributed by atoms with Crippen LogP contribution in [0.1, 0.15) is 17.0 Å². The number of aromatic nitrogens is 2. The predicted octanol–water partition coefficient (Wildman–Crippen LogP) is 5.26. The molecule has 2 aromatic carbocycles. The van der Waals surface area contributed by atoms with Crippen molar-refractivity contribution in [2.45, 2.75) is 31.9 Å². The number of aryl methyl sites for hydroxylation is 1. The van der Waals surface area contributed by atoms with Crippen molar-refractivity contribution in [3.63, 3.8) is 0 Å². The number of halogens is 7. The molecule has 0 radical (unpaired) electrons. The first-order chi connectivity index (χ1) is 16.7. The van der Waals surface area contributed by atoms with Crippen molar-refractivity contribution in [3.05, 3.63) is 47.0 Å². The summed E-state index contributed by atoms with van der Waals surface area (Å²) in [5, 5.41) is 2.98. The number of benzene rings is 2. The van der Waals surface area contributed by atoms with E-state index >= 15 is 0 Å². The van der Waals surface area contributed by atoms with E-state index in [9.17, 15) is 30.7 Å². The molecule has 0 fully saturated rings. The first-order valence-electron chi connectivity index (χ1n) is 10.2. The number of nitrogens with zero attached hydrogens (tertiary/aromatic N) is 2. The predicted molar refractivity (Wildman–Crippen MR) is 116 cm³/mol. The summed E-state index contributed by atoms with van der Waals surface area (Å²) in [6.45, 7) is 0.219. The van der Waals surface area contributed by atoms with E-state index in [1.807, 2.05) is 0 Å². The van der Waals surface area contributed by atoms with Crippen molar-refractivity contribution in [1.29, 1.82) is 0 Å². The van der Waals surface area contributed by atoms with Gasteiger partial charge in [-0.15, -0.1) is 0 Å². The number of rotatable bonds is 8. The fraction of sp³-hybridized carbons (Fsp3) is 0.364. The third-order valence-electron chi connectivity index (χ3n) is 5.05. The van der Waals surface area contributed by atoms with E-state index in [1.54, 1.807) is 0 Å². The minimum atomic E-state index is -4.95. The van der Waals surface area contributed by atoms with Gasteiger partial charge in [-0.3, -0.25) is 0 Å². The van der Waals surface area contributed by atoms with Crippen LogP contribution in [-0.4, -0.2) is 43.1 Å². The number of fused-ring (bicyclic) bond motifs is 1. The second kappa shape index (κ2) is 10.2. The minimum Gasteiger partial charge on any atom is -0.493 e. The Balaban J connectivity index is 1.98. The highest BCUT2D eigenvalue weighted by molar-refractivity contribution is 5.91. The summed E-state index contributed by atoms with van der Waals surface area (Å²) in [7, 11) is 2.16. The molecule has 0 saturated carbocycles. The third kappa shape index (κ3) is 5.98. The van der Waals surface area contributed by atoms with Crippen LogP contribution in [0.5, 0.6) is 11.5 Å². The highest BCUT2D eigenvalue weighted by Crippen LogP contribution is 2.37. The van der Waals surface area contributed by atoms with E-state index in [0.717, 1.165) is 13.2 Å². The number of methoxy groups -OCH3 is 2. The lowest BCUT2D eigenvalue weighted by Crippen LogP contribution is -2.36. The molecule has 0 aliphatic carbocycles. The van der Waals surface area contributed by atoms with Crippen LogP contribution < -0.4 is 20.5 Å². The molecular weight excluding hydrogens is 501 g/mol. The third-order valence-corrected chi connectivity index (χ3v) is 5.05. The van der Waals surface area contributed by atoms with E-state index in [2.05, 4.69) is 20.0 Å². The molecule has 1 unspecified atom stereocenters. The Morgan fingerprint density at radius 2 is 1.69 bits per heavy atom. The van der Waals surface area contributed by atoms with Crippen LogP contribution in [0, 0.1) is 12.7 Å². The number of hydrogen-bond donors (Lipinski definition) is 2. The SMILES string of the molecule is COc1cc2nc(C)nc(NCc3cc(N)cc(C(F)(F)F)c3F)c2cc1OCC(OC)C(F)(F)F. The summed E-state index contributed by atoms with van der Waals surface area (Å²) in [4.78, 5) is 8.42. The smallest absolute Gasteiger partial charge is 0.419 e. The minimum absolute atomic E-state index is 0.0690. The van der Waals surface area contributed by atoms with Crippen LogP contribution in [0.2, 0.25) is 0 Å². The normalized spacial score (nSPS) is 13.1. The van der Waals surface area contributed by atoms with E-state index < -0.39 is 43.0 Å². The Morgan fingerprint density at radius 3 is 2.28 bits per heavy atom. The van der Waals surface area contributed by atoms with E-state index in [0.29, 0.717) is 6.07 Å². The molecule has 0 amide bonds. The first kappa shape index (κ1) is 27.0. The molecule has 196 valence electrons. The maximum absolute atomic E-state index is 14.5. The molecule has 3 rings (SSSR count). The Morgan fingerprint density at radius 1 is 1.00 bits per heavy atom. The largest absolute Gasteiger partial charge is 0.493 e. The number of nitrogen functional groups attached to an aromatic ring is 1. The second-order valence-corrected chi connectivity index (χ2v) is 7.61. The van der Waals surface area contributed by atoms with Crippen LogP contribution in [-0.2, 0) is 17.5 Å². The average Bonchev–Trinajstić information content (AvgIpc) is 2.77. The van der Waals surface area contributed by atoms with Gasteiger partial charge in [-0.2, -0.15) is 26.3 Å². The molecule has 1 heterocycles. The maximum Gasteiger partial charge on any atom is 0.419 e. The molecule has 1 atom stereocenters. The molecular formula is C22H21F7N4O3. The fourth-order valence-corrected chi connectivity index (χ4v) is 3.34. The topological polar surface area (TPSA) is 91.5 Å². The standard InChI is InChI=1S/C22H21F7N4O3/c1-10-32-15-7-16(34-2)17(36-9-18(35-3)22(27,28)29)6-13(15)20(33-10)31-8-11-4-12(30)5-14(19(11)23)21(24,25)26/h4-7,18H,8-9,30H2,1-3H3,(H,31,32,33). The van der Waals surface area contributed by atoms with Gasteiger partial charge in [0, 0.05) is 36.4 Å². The zero-order chi connectivity index (χ0) is 26.8. The van der Waals surface area contributed by atoms with E-state index in [1.165, 1.54) is 26.2 Å². The van der Waals surface area contributed by atoms with Crippen molar-refractivity contribution in [2.24, 2.45) is 0 Å². The molecule has 0 saturated heterocycles. The molecule has 0 aliphatic rings. The second-order valence-electron chi connectivity index (χ2n) is 7.61. The lowest BCUT2D eigenvalue weighted by atomic mass is 10.1. The van der Waals surface area contributed by atoms with Crippen LogP contribution in [0.15, 0.2) is 24.3 Å². The van der Waals surface area contributed by atoms with Crippen LogP contribution >= 0.6 is 0 Å². The van der Waals surface area contributed by atoms with Crippen LogP contribution in [0.3, 0.4) is 0 Å². The van der Waals surface area contributed by atoms with Crippen LogP contribution in [0.25, 0.3) is 10.9 Å². The van der Waals surface area contributed by atoms with Crippen molar-refractivity contribution < 1.29 is 44.9 Å². The summed E-state index contributed by atoms with van der Waals surface area (Å²) in [6.07, 6.45) is -11.8. The molecule has 0 aliphatic heterocycles. The highest BCUT2D eigenvalue weighted by Gasteiger charge is 2.41. The van der Waals surface area contributed by atoms with Gasteiger partial charge in [-0.1, -0.05) is 0 Å². The van der Waals surface area contributed by atoms with Gasteiger partial charge in [-0.25, -0.2) is 14.4 Å². The van der Waals surface area contributed by atoms with Crippen molar-refractivity contribution in [3.8, 4) is 11.5 Å². The molecule has 36 heavy (non-hydrogen) atoms. The van der Waals surface area contributed by atoms with Crippen molar-refractivity contribution >= 4 is 22.4 Å². The molecule has 0 bridgehead atoms. The zero-order valence-electron chi connectivity index (χ0n) is 19.1. The van der Waals surface area contributed by atoms with Gasteiger partial charge in [0.2, 0.25) is 0 Å². The van der Waals surface area contributed by atoms with Crippen LogP contribution in [0.4, 0.5) is 42.2 Å². The lowest BCUT2D eigenvalue weighted by Gasteiger charge is -2.20. The average molecular weight is 522 g/mol. The molecule has 3 aromatic rings. The van der Waals surface area contributed by atoms with Gasteiger partial charge in [0.05, 0.1) is 18.2 Å². The Bertz CT molecular complexity index is 1250. The van der Waals surface area contributed by atoms with Gasteiger partial charge < -0.3 is 25.3 Å². The number of alkyl halides is 6. The molecule has 14 heteroatoms. The molecule has 1 aromatic heterocycles. The van der Waals surface area contributed by atoms with E-state index in [4.69, 9.17) is 15.2 Å². The number of nitrogens with one attached hydrogen (secondary N) is 1. The number of nitrogens with two attached hydrogens (primary N) is 1. The van der Waals surface area contributed by atoms with Gasteiger partial charge in [0.25, 0.3) is 0 Å². The lowest BCUT2D eigenvalue weighted by molar-refractivity contribution is -0.219. The Hall–Kier alpha value is -3.55. The summed E-state index contributed by atoms with van der Waals surface area (Å²) in [5.74, 6) is -1.20. The summed E-state index contributed by atoms with van der Waals surface area (Å²) in [5.41, 5.74) is 3.64. The summed E-state index contributed by atoms with van der Waals surface area (Å²) < 4.78 is 108. The maximum atomic E-state index is 14.5. The first-order valence-corrected chi connectivity index (χ1v) is 10.2. The Kier molecular flexibility index (Phi) is 7.67. The zero-order valence-corrected chi connectivity index (χ0v) is 19.1. The van der Waals surface area contributed by atoms with Gasteiger partial charge in [0.15, 0.2) is 17.6 Å². The number of ether oxygens (including phenoxy) is 3. The fourth-order valence-electron chi connectivity index (χ4n) is 3.34. The summed E-state index contributed by atoms with van der Waals surface area (Å²) in [6, 6.07) is 4.24. The Labute approximate surface area is 200 Å². The van der Waals surface area contributed by atoms with Gasteiger partial charge in [0.1, 0.15) is 24.1 Å². The van der Waals surface area contributed by atoms with E-state index in [-0.39, 0.29) is 45.3 Å². The summed E-state index contributed by atoms with van der Waals surface area (Å²) >= 11 is 0.